The highest BCUT2D eigenvalue weighted by molar-refractivity contribution is 5.96. The van der Waals surface area contributed by atoms with Crippen molar-refractivity contribution < 1.29 is 27.9 Å². The van der Waals surface area contributed by atoms with E-state index >= 15 is 0 Å². The number of alkyl halides is 3. The third-order valence-corrected chi connectivity index (χ3v) is 2.62. The van der Waals surface area contributed by atoms with Crippen molar-refractivity contribution in [1.82, 2.24) is 15.3 Å². The number of aliphatic carboxylic acids is 1. The van der Waals surface area contributed by atoms with Gasteiger partial charge in [-0.15, -0.1) is 0 Å². The average molecular weight is 305 g/mol. The second-order valence-electron chi connectivity index (χ2n) is 4.30. The molecule has 0 radical (unpaired) electrons. The van der Waals surface area contributed by atoms with Gasteiger partial charge in [0.1, 0.15) is 6.04 Å². The summed E-state index contributed by atoms with van der Waals surface area (Å²) < 4.78 is 36.8. The van der Waals surface area contributed by atoms with Gasteiger partial charge in [0, 0.05) is 12.4 Å². The number of hydrogen-bond donors (Lipinski definition) is 2. The van der Waals surface area contributed by atoms with E-state index in [1.807, 2.05) is 6.92 Å². The summed E-state index contributed by atoms with van der Waals surface area (Å²) in [5.74, 6) is -3.39. The summed E-state index contributed by atoms with van der Waals surface area (Å²) in [5, 5.41) is 11.2. The van der Waals surface area contributed by atoms with E-state index < -0.39 is 29.9 Å². The SMILES string of the molecule is CCCC[C@H](NC(=O)c1cnc(C(F)(F)F)nc1)C(=O)O. The minimum absolute atomic E-state index is 0.231. The molecule has 0 fully saturated rings. The second-order valence-corrected chi connectivity index (χ2v) is 4.30. The summed E-state index contributed by atoms with van der Waals surface area (Å²) in [6.45, 7) is 1.87. The molecule has 1 amide bonds. The number of hydrogen-bond acceptors (Lipinski definition) is 4. The number of rotatable bonds is 6. The van der Waals surface area contributed by atoms with E-state index in [1.54, 1.807) is 0 Å². The Labute approximate surface area is 118 Å². The molecule has 1 heterocycles. The van der Waals surface area contributed by atoms with E-state index in [1.165, 1.54) is 0 Å². The fourth-order valence-electron chi connectivity index (χ4n) is 1.50. The number of nitrogens with one attached hydrogen (secondary N) is 1. The molecule has 0 aliphatic carbocycles. The van der Waals surface area contributed by atoms with Gasteiger partial charge < -0.3 is 10.4 Å². The lowest BCUT2D eigenvalue weighted by atomic mass is 10.1. The van der Waals surface area contributed by atoms with Crippen LogP contribution in [0.3, 0.4) is 0 Å². The highest BCUT2D eigenvalue weighted by atomic mass is 19.4. The zero-order valence-electron chi connectivity index (χ0n) is 11.1. The lowest BCUT2D eigenvalue weighted by Crippen LogP contribution is -2.40. The van der Waals surface area contributed by atoms with Crippen molar-refractivity contribution in [2.45, 2.75) is 38.4 Å². The maximum Gasteiger partial charge on any atom is 0.451 e. The molecule has 1 aromatic rings. The van der Waals surface area contributed by atoms with Gasteiger partial charge in [-0.1, -0.05) is 19.8 Å². The Bertz CT molecular complexity index is 503. The summed E-state index contributed by atoms with van der Waals surface area (Å²) >= 11 is 0. The quantitative estimate of drug-likeness (QED) is 0.837. The lowest BCUT2D eigenvalue weighted by molar-refractivity contribution is -0.145. The predicted molar refractivity (Wildman–Crippen MR) is 65.4 cm³/mol. The summed E-state index contributed by atoms with van der Waals surface area (Å²) in [7, 11) is 0. The molecule has 116 valence electrons. The maximum atomic E-state index is 12.3. The first-order valence-corrected chi connectivity index (χ1v) is 6.18. The molecule has 0 aliphatic rings. The van der Waals surface area contributed by atoms with Gasteiger partial charge in [-0.25, -0.2) is 14.8 Å². The lowest BCUT2D eigenvalue weighted by Gasteiger charge is -2.14. The molecular weight excluding hydrogens is 291 g/mol. The number of nitrogens with zero attached hydrogens (tertiary/aromatic N) is 2. The largest absolute Gasteiger partial charge is 0.480 e. The van der Waals surface area contributed by atoms with Crippen LogP contribution in [-0.4, -0.2) is 33.0 Å². The first-order chi connectivity index (χ1) is 9.75. The van der Waals surface area contributed by atoms with Crippen LogP contribution in [0.4, 0.5) is 13.2 Å². The number of halogens is 3. The van der Waals surface area contributed by atoms with Crippen LogP contribution in [0.25, 0.3) is 0 Å². The number of carbonyl (C=O) groups excluding carboxylic acids is 1. The zero-order chi connectivity index (χ0) is 16.0. The first-order valence-electron chi connectivity index (χ1n) is 6.18. The molecule has 1 rings (SSSR count). The summed E-state index contributed by atoms with van der Waals surface area (Å²) in [6, 6.07) is -1.10. The van der Waals surface area contributed by atoms with Crippen molar-refractivity contribution in [3.05, 3.63) is 23.8 Å². The third kappa shape index (κ3) is 5.01. The molecule has 0 saturated heterocycles. The molecule has 0 bridgehead atoms. The molecule has 0 spiro atoms. The Kier molecular flexibility index (Phi) is 5.62. The van der Waals surface area contributed by atoms with E-state index in [4.69, 9.17) is 5.11 Å². The van der Waals surface area contributed by atoms with Crippen molar-refractivity contribution in [1.29, 1.82) is 0 Å². The Morgan fingerprint density at radius 2 is 1.90 bits per heavy atom. The highest BCUT2D eigenvalue weighted by Crippen LogP contribution is 2.25. The molecule has 2 N–H and O–H groups in total. The number of unbranched alkanes of at least 4 members (excludes halogenated alkanes) is 1. The number of aromatic nitrogens is 2. The van der Waals surface area contributed by atoms with Crippen LogP contribution in [-0.2, 0) is 11.0 Å². The van der Waals surface area contributed by atoms with Gasteiger partial charge in [0.15, 0.2) is 0 Å². The average Bonchev–Trinajstić information content (AvgIpc) is 2.42. The Balaban J connectivity index is 2.76. The zero-order valence-corrected chi connectivity index (χ0v) is 11.1. The van der Waals surface area contributed by atoms with E-state index in [2.05, 4.69) is 15.3 Å². The topological polar surface area (TPSA) is 92.2 Å². The first kappa shape index (κ1) is 16.9. The maximum absolute atomic E-state index is 12.3. The van der Waals surface area contributed by atoms with Crippen molar-refractivity contribution in [2.24, 2.45) is 0 Å². The van der Waals surface area contributed by atoms with Crippen LogP contribution in [0, 0.1) is 0 Å². The normalized spacial score (nSPS) is 12.8. The Morgan fingerprint density at radius 1 is 1.33 bits per heavy atom. The van der Waals surface area contributed by atoms with Crippen molar-refractivity contribution in [3.8, 4) is 0 Å². The number of carboxylic acid groups (broad SMARTS) is 1. The molecule has 9 heteroatoms. The predicted octanol–water partition coefficient (Wildman–Crippen LogP) is 1.87. The van der Waals surface area contributed by atoms with Gasteiger partial charge in [-0.05, 0) is 6.42 Å². The minimum Gasteiger partial charge on any atom is -0.480 e. The second kappa shape index (κ2) is 7.00. The van der Waals surface area contributed by atoms with Crippen LogP contribution < -0.4 is 5.32 Å². The highest BCUT2D eigenvalue weighted by Gasteiger charge is 2.34. The molecular formula is C12H14F3N3O3. The molecule has 6 nitrogen and oxygen atoms in total. The molecule has 0 aromatic carbocycles. The van der Waals surface area contributed by atoms with Gasteiger partial charge in [-0.3, -0.25) is 4.79 Å². The fraction of sp³-hybridized carbons (Fsp3) is 0.500. The van der Waals surface area contributed by atoms with E-state index in [-0.39, 0.29) is 12.0 Å². The van der Waals surface area contributed by atoms with Crippen LogP contribution in [0.2, 0.25) is 0 Å². The van der Waals surface area contributed by atoms with Gasteiger partial charge in [0.2, 0.25) is 5.82 Å². The smallest absolute Gasteiger partial charge is 0.451 e. The standard InChI is InChI=1S/C12H14F3N3O3/c1-2-3-4-8(10(20)21)18-9(19)7-5-16-11(17-6-7)12(13,14)15/h5-6,8H,2-4H2,1H3,(H,18,19)(H,20,21)/t8-/m0/s1. The summed E-state index contributed by atoms with van der Waals surface area (Å²) in [5.41, 5.74) is -0.231. The third-order valence-electron chi connectivity index (χ3n) is 2.62. The van der Waals surface area contributed by atoms with Crippen LogP contribution >= 0.6 is 0 Å². The van der Waals surface area contributed by atoms with Gasteiger partial charge >= 0.3 is 12.1 Å². The Morgan fingerprint density at radius 3 is 2.33 bits per heavy atom. The van der Waals surface area contributed by atoms with E-state index in [9.17, 15) is 22.8 Å². The summed E-state index contributed by atoms with van der Waals surface area (Å²) in [4.78, 5) is 28.8. The van der Waals surface area contributed by atoms with Crippen molar-refractivity contribution in [3.63, 3.8) is 0 Å². The number of carboxylic acids is 1. The molecule has 1 atom stereocenters. The van der Waals surface area contributed by atoms with Crippen LogP contribution in [0.5, 0.6) is 0 Å². The number of carbonyl (C=O) groups is 2. The molecule has 21 heavy (non-hydrogen) atoms. The minimum atomic E-state index is -4.69. The number of amides is 1. The van der Waals surface area contributed by atoms with E-state index in [0.717, 1.165) is 6.42 Å². The molecule has 1 aromatic heterocycles. The monoisotopic (exact) mass is 305 g/mol. The molecule has 0 aliphatic heterocycles. The van der Waals surface area contributed by atoms with Crippen LogP contribution in [0.1, 0.15) is 42.4 Å². The van der Waals surface area contributed by atoms with Gasteiger partial charge in [-0.2, -0.15) is 13.2 Å². The fourth-order valence-corrected chi connectivity index (χ4v) is 1.50. The van der Waals surface area contributed by atoms with Gasteiger partial charge in [0.05, 0.1) is 5.56 Å². The van der Waals surface area contributed by atoms with Crippen LogP contribution in [0.15, 0.2) is 12.4 Å². The van der Waals surface area contributed by atoms with Crippen molar-refractivity contribution in [2.75, 3.05) is 0 Å². The molecule has 0 saturated carbocycles. The molecule has 0 unspecified atom stereocenters. The van der Waals surface area contributed by atoms with Gasteiger partial charge in [0.25, 0.3) is 5.91 Å². The summed E-state index contributed by atoms with van der Waals surface area (Å²) in [6.07, 6.45) is -1.68. The Hall–Kier alpha value is -2.19. The van der Waals surface area contributed by atoms with E-state index in [0.29, 0.717) is 18.8 Å². The van der Waals surface area contributed by atoms with Crippen molar-refractivity contribution >= 4 is 11.9 Å².